The van der Waals surface area contributed by atoms with Crippen molar-refractivity contribution in [2.45, 2.75) is 38.6 Å². The van der Waals surface area contributed by atoms with E-state index >= 15 is 0 Å². The molecule has 13 heteroatoms. The lowest BCUT2D eigenvalue weighted by molar-refractivity contribution is 0.00369. The summed E-state index contributed by atoms with van der Waals surface area (Å²) in [6.07, 6.45) is 10.0. The predicted molar refractivity (Wildman–Crippen MR) is 140 cm³/mol. The van der Waals surface area contributed by atoms with Crippen molar-refractivity contribution < 1.29 is 8.85 Å². The van der Waals surface area contributed by atoms with Gasteiger partial charge in [-0.05, 0) is 33.6 Å². The molecule has 0 radical (unpaired) electrons. The van der Waals surface area contributed by atoms with Crippen molar-refractivity contribution in [1.29, 1.82) is 0 Å². The van der Waals surface area contributed by atoms with Gasteiger partial charge in [0.15, 0.2) is 0 Å². The molecule has 0 bridgehead atoms. The summed E-state index contributed by atoms with van der Waals surface area (Å²) in [6.45, 7) is 2.78. The summed E-state index contributed by atoms with van der Waals surface area (Å²) in [6, 6.07) is 0. The third kappa shape index (κ3) is 4.52. The first-order valence-electron chi connectivity index (χ1n) is 9.87. The quantitative estimate of drug-likeness (QED) is 0.284. The second kappa shape index (κ2) is 9.83. The molecule has 0 fully saturated rings. The Morgan fingerprint density at radius 1 is 0.710 bits per heavy atom. The van der Waals surface area contributed by atoms with E-state index < -0.39 is 14.2 Å². The fraction of sp³-hybridized carbons (Fsp3) is 0.444. The van der Waals surface area contributed by atoms with Crippen molar-refractivity contribution in [3.63, 3.8) is 0 Å². The van der Waals surface area contributed by atoms with Gasteiger partial charge in [-0.1, -0.05) is 0 Å². The second-order valence-corrected chi connectivity index (χ2v) is 16.0. The first-order valence-corrected chi connectivity index (χ1v) is 17.0. The first-order chi connectivity index (χ1) is 15.2. The molecular weight excluding hydrogens is 507 g/mol. The largest absolute Gasteiger partial charge is 0.390 e. The molecule has 168 valence electrons. The molecular formula is C18H25N5O2S5Si. The summed E-state index contributed by atoms with van der Waals surface area (Å²) in [5.74, 6) is 0. The van der Waals surface area contributed by atoms with Crippen LogP contribution in [0.15, 0.2) is 58.0 Å². The van der Waals surface area contributed by atoms with E-state index in [2.05, 4.69) is 60.2 Å². The molecule has 31 heavy (non-hydrogen) atoms. The normalized spacial score (nSPS) is 36.5. The smallest absolute Gasteiger partial charge is 0.369 e. The van der Waals surface area contributed by atoms with Crippen LogP contribution < -0.4 is 26.6 Å². The lowest BCUT2D eigenvalue weighted by Gasteiger charge is -2.50. The lowest BCUT2D eigenvalue weighted by atomic mass is 10.0. The van der Waals surface area contributed by atoms with Gasteiger partial charge in [-0.15, -0.1) is 58.8 Å². The fourth-order valence-electron chi connectivity index (χ4n) is 3.85. The van der Waals surface area contributed by atoms with Gasteiger partial charge in [0.2, 0.25) is 0 Å². The van der Waals surface area contributed by atoms with Crippen molar-refractivity contribution in [2.24, 2.45) is 0 Å². The van der Waals surface area contributed by atoms with Gasteiger partial charge in [0.05, 0.1) is 12.0 Å². The van der Waals surface area contributed by atoms with E-state index in [9.17, 15) is 0 Å². The number of nitrogens with one attached hydrogen (secondary N) is 5. The van der Waals surface area contributed by atoms with Crippen molar-refractivity contribution in [2.75, 3.05) is 6.61 Å². The van der Waals surface area contributed by atoms with Gasteiger partial charge in [0.1, 0.15) is 26.7 Å². The molecule has 5 aliphatic heterocycles. The molecule has 0 spiro atoms. The zero-order chi connectivity index (χ0) is 21.2. The van der Waals surface area contributed by atoms with Crippen LogP contribution in [0.4, 0.5) is 0 Å². The molecule has 0 aromatic rings. The van der Waals surface area contributed by atoms with E-state index in [-0.39, 0.29) is 26.5 Å². The highest BCUT2D eigenvalue weighted by Gasteiger charge is 2.61. The van der Waals surface area contributed by atoms with Crippen LogP contribution >= 0.6 is 58.8 Å². The van der Waals surface area contributed by atoms with E-state index in [0.29, 0.717) is 6.61 Å². The monoisotopic (exact) mass is 531 g/mol. The molecule has 0 saturated carbocycles. The molecule has 5 heterocycles. The van der Waals surface area contributed by atoms with Gasteiger partial charge in [-0.3, -0.25) is 0 Å². The minimum atomic E-state index is -2.76. The van der Waals surface area contributed by atoms with Crippen LogP contribution in [0.5, 0.6) is 0 Å². The highest BCUT2D eigenvalue weighted by molar-refractivity contribution is 8.05. The van der Waals surface area contributed by atoms with E-state index in [4.69, 9.17) is 8.85 Å². The average molecular weight is 532 g/mol. The standard InChI is InChI=1S/C18H25N5O2S5Si/c1-31(17-23-6-11-30-17,24-12-13-19-2-7-26-13)25-18(14-20-3-8-27-14,15-21-4-9-28-15)16-22-5-10-29-16/h2-11,13-17,19-23H,12H2,1H3. The molecule has 7 nitrogen and oxygen atoms in total. The molecule has 0 aromatic heterocycles. The Labute approximate surface area is 205 Å². The van der Waals surface area contributed by atoms with Crippen molar-refractivity contribution in [3.05, 3.63) is 58.0 Å². The van der Waals surface area contributed by atoms with Crippen molar-refractivity contribution in [1.82, 2.24) is 26.6 Å². The van der Waals surface area contributed by atoms with Gasteiger partial charge in [-0.2, -0.15) is 0 Å². The van der Waals surface area contributed by atoms with Gasteiger partial charge < -0.3 is 35.4 Å². The SMILES string of the molecule is C[Si](OCC1NC=CS1)(OC(C1NC=CS1)(C1NC=CS1)C1NC=CS1)C1NC=CS1. The molecule has 0 amide bonds. The zero-order valence-corrected chi connectivity index (χ0v) is 21.8. The number of rotatable bonds is 9. The van der Waals surface area contributed by atoms with Crippen LogP contribution in [0.1, 0.15) is 0 Å². The minimum absolute atomic E-state index is 0.0396. The molecule has 0 aliphatic carbocycles. The van der Waals surface area contributed by atoms with Crippen LogP contribution in [0.2, 0.25) is 6.55 Å². The summed E-state index contributed by atoms with van der Waals surface area (Å²) in [4.78, 5) is 0.0734. The Morgan fingerprint density at radius 3 is 1.68 bits per heavy atom. The summed E-state index contributed by atoms with van der Waals surface area (Å²) in [7, 11) is -2.76. The van der Waals surface area contributed by atoms with Crippen molar-refractivity contribution in [3.8, 4) is 0 Å². The Kier molecular flexibility index (Phi) is 7.10. The maximum Gasteiger partial charge on any atom is 0.369 e. The predicted octanol–water partition coefficient (Wildman–Crippen LogP) is 3.04. The van der Waals surface area contributed by atoms with E-state index in [1.807, 2.05) is 31.0 Å². The number of hydrogen-bond donors (Lipinski definition) is 5. The van der Waals surface area contributed by atoms with Gasteiger partial charge >= 0.3 is 8.56 Å². The maximum absolute atomic E-state index is 7.39. The van der Waals surface area contributed by atoms with Crippen LogP contribution in [0.25, 0.3) is 0 Å². The van der Waals surface area contributed by atoms with Crippen LogP contribution in [0, 0.1) is 0 Å². The maximum atomic E-state index is 7.39. The Hall–Kier alpha value is -0.413. The average Bonchev–Trinajstić information content (AvgIpc) is 3.62. The van der Waals surface area contributed by atoms with Crippen LogP contribution in [-0.4, -0.2) is 47.3 Å². The molecule has 0 saturated heterocycles. The number of hydrogen-bond acceptors (Lipinski definition) is 12. The fourth-order valence-corrected chi connectivity index (χ4v) is 12.5. The summed E-state index contributed by atoms with van der Waals surface area (Å²) >= 11 is 8.80. The summed E-state index contributed by atoms with van der Waals surface area (Å²) in [5.41, 5.74) is -0.587. The highest BCUT2D eigenvalue weighted by Crippen LogP contribution is 2.47. The molecule has 6 unspecified atom stereocenters. The highest BCUT2D eigenvalue weighted by atomic mass is 32.2. The zero-order valence-electron chi connectivity index (χ0n) is 16.7. The van der Waals surface area contributed by atoms with Crippen LogP contribution in [0.3, 0.4) is 0 Å². The minimum Gasteiger partial charge on any atom is -0.390 e. The Balaban J connectivity index is 1.46. The third-order valence-corrected chi connectivity index (χ3v) is 14.4. The molecule has 5 rings (SSSR count). The first kappa shape index (κ1) is 22.4. The van der Waals surface area contributed by atoms with Crippen LogP contribution in [-0.2, 0) is 8.85 Å². The van der Waals surface area contributed by atoms with Crippen molar-refractivity contribution >= 4 is 67.4 Å². The second-order valence-electron chi connectivity index (χ2n) is 7.32. The molecule has 6 atom stereocenters. The third-order valence-electron chi connectivity index (χ3n) is 5.32. The Morgan fingerprint density at radius 2 is 1.23 bits per heavy atom. The van der Waals surface area contributed by atoms with E-state index in [1.165, 1.54) is 0 Å². The van der Waals surface area contributed by atoms with Gasteiger partial charge in [-0.25, -0.2) is 0 Å². The molecule has 0 aromatic carbocycles. The van der Waals surface area contributed by atoms with Gasteiger partial charge in [0.25, 0.3) is 0 Å². The van der Waals surface area contributed by atoms with E-state index in [0.717, 1.165) is 0 Å². The number of thioether (sulfide) groups is 5. The van der Waals surface area contributed by atoms with E-state index in [1.54, 1.807) is 58.8 Å². The topological polar surface area (TPSA) is 78.6 Å². The molecule has 5 N–H and O–H groups in total. The summed E-state index contributed by atoms with van der Waals surface area (Å²) in [5, 5.41) is 28.3. The summed E-state index contributed by atoms with van der Waals surface area (Å²) < 4.78 is 14.1. The lowest BCUT2D eigenvalue weighted by Crippen LogP contribution is -2.72. The molecule has 5 aliphatic rings. The Bertz CT molecular complexity index is 719. The van der Waals surface area contributed by atoms with Gasteiger partial charge in [0, 0.05) is 31.0 Å².